The van der Waals surface area contributed by atoms with E-state index >= 15 is 0 Å². The van der Waals surface area contributed by atoms with Gasteiger partial charge in [-0.25, -0.2) is 4.79 Å². The molecule has 7 nitrogen and oxygen atoms in total. The lowest BCUT2D eigenvalue weighted by Crippen LogP contribution is -2.56. The summed E-state index contributed by atoms with van der Waals surface area (Å²) in [5.41, 5.74) is 2.13. The van der Waals surface area contributed by atoms with Gasteiger partial charge in [-0.3, -0.25) is 9.59 Å². The van der Waals surface area contributed by atoms with E-state index in [1.54, 1.807) is 27.7 Å². The van der Waals surface area contributed by atoms with Gasteiger partial charge in [-0.2, -0.15) is 0 Å². The number of aliphatic carboxylic acids is 1. The zero-order chi connectivity index (χ0) is 23.5. The third-order valence-corrected chi connectivity index (χ3v) is 6.26. The second-order valence-electron chi connectivity index (χ2n) is 8.98. The van der Waals surface area contributed by atoms with E-state index in [0.717, 1.165) is 22.3 Å². The van der Waals surface area contributed by atoms with Crippen LogP contribution in [0.1, 0.15) is 51.2 Å². The first-order chi connectivity index (χ1) is 15.1. The lowest BCUT2D eigenvalue weighted by molar-refractivity contribution is -0.148. The van der Waals surface area contributed by atoms with Gasteiger partial charge < -0.3 is 20.5 Å². The normalized spacial score (nSPS) is 14.6. The number of hydrogen-bond acceptors (Lipinski definition) is 4. The SMILES string of the molecule is CCC(C)(CNC(=O)C(C)(C)NC(=O)OCC1c2ccccc2-c2ccccc21)C(=O)O. The van der Waals surface area contributed by atoms with E-state index in [4.69, 9.17) is 4.74 Å². The van der Waals surface area contributed by atoms with Crippen molar-refractivity contribution in [1.29, 1.82) is 0 Å². The molecule has 0 saturated carbocycles. The predicted molar refractivity (Wildman–Crippen MR) is 121 cm³/mol. The molecule has 0 heterocycles. The van der Waals surface area contributed by atoms with Gasteiger partial charge in [0.15, 0.2) is 0 Å². The molecule has 1 aliphatic rings. The zero-order valence-corrected chi connectivity index (χ0v) is 18.9. The third kappa shape index (κ3) is 4.61. The Morgan fingerprint density at radius 2 is 1.50 bits per heavy atom. The van der Waals surface area contributed by atoms with E-state index in [1.165, 1.54) is 0 Å². The molecule has 1 unspecified atom stereocenters. The molecule has 3 N–H and O–H groups in total. The van der Waals surface area contributed by atoms with Crippen molar-refractivity contribution in [2.45, 2.75) is 45.6 Å². The van der Waals surface area contributed by atoms with E-state index in [9.17, 15) is 19.5 Å². The molecule has 0 bridgehead atoms. The number of amides is 2. The summed E-state index contributed by atoms with van der Waals surface area (Å²) in [5, 5.41) is 14.6. The number of alkyl carbamates (subject to hydrolysis) is 1. The maximum Gasteiger partial charge on any atom is 0.408 e. The Morgan fingerprint density at radius 3 is 2.00 bits per heavy atom. The number of nitrogens with one attached hydrogen (secondary N) is 2. The summed E-state index contributed by atoms with van der Waals surface area (Å²) in [6, 6.07) is 16.1. The fourth-order valence-electron chi connectivity index (χ4n) is 3.79. The standard InChI is InChI=1S/C25H30N2O5/c1-5-25(4,22(29)30)15-26-21(28)24(2,3)27-23(31)32-14-20-18-12-8-6-10-16(18)17-11-7-9-13-19(17)20/h6-13,20H,5,14-15H2,1-4H3,(H,26,28)(H,27,31)(H,29,30). The van der Waals surface area contributed by atoms with Crippen LogP contribution >= 0.6 is 0 Å². The van der Waals surface area contributed by atoms with Crippen molar-refractivity contribution in [2.75, 3.05) is 13.2 Å². The molecule has 1 atom stereocenters. The molecule has 170 valence electrons. The Bertz CT molecular complexity index is 987. The van der Waals surface area contributed by atoms with Crippen molar-refractivity contribution in [3.63, 3.8) is 0 Å². The number of carbonyl (C=O) groups is 3. The predicted octanol–water partition coefficient (Wildman–Crippen LogP) is 3.92. The number of carbonyl (C=O) groups excluding carboxylic acids is 2. The minimum Gasteiger partial charge on any atom is -0.481 e. The number of hydrogen-bond donors (Lipinski definition) is 3. The highest BCUT2D eigenvalue weighted by Crippen LogP contribution is 2.44. The maximum atomic E-state index is 12.6. The number of fused-ring (bicyclic) bond motifs is 3. The van der Waals surface area contributed by atoms with Crippen LogP contribution in [0.25, 0.3) is 11.1 Å². The molecule has 7 heteroatoms. The first kappa shape index (κ1) is 23.3. The van der Waals surface area contributed by atoms with Crippen LogP contribution in [-0.4, -0.2) is 41.8 Å². The van der Waals surface area contributed by atoms with E-state index in [-0.39, 0.29) is 19.1 Å². The molecule has 0 radical (unpaired) electrons. The van der Waals surface area contributed by atoms with E-state index in [1.807, 2.05) is 36.4 Å². The summed E-state index contributed by atoms with van der Waals surface area (Å²) < 4.78 is 5.51. The van der Waals surface area contributed by atoms with Gasteiger partial charge in [-0.05, 0) is 49.4 Å². The minimum absolute atomic E-state index is 0.0343. The molecule has 0 fully saturated rings. The number of carboxylic acids is 1. The van der Waals surface area contributed by atoms with Crippen LogP contribution in [0.3, 0.4) is 0 Å². The summed E-state index contributed by atoms with van der Waals surface area (Å²) in [6.07, 6.45) is -0.341. The lowest BCUT2D eigenvalue weighted by Gasteiger charge is -2.28. The highest BCUT2D eigenvalue weighted by molar-refractivity contribution is 5.89. The summed E-state index contributed by atoms with van der Waals surface area (Å²) in [6.45, 7) is 6.53. The summed E-state index contributed by atoms with van der Waals surface area (Å²) in [7, 11) is 0. The van der Waals surface area contributed by atoms with Gasteiger partial charge in [0.1, 0.15) is 12.1 Å². The van der Waals surface area contributed by atoms with Gasteiger partial charge in [-0.15, -0.1) is 0 Å². The van der Waals surface area contributed by atoms with Crippen LogP contribution < -0.4 is 10.6 Å². The van der Waals surface area contributed by atoms with Gasteiger partial charge in [0.25, 0.3) is 0 Å². The molecule has 2 amide bonds. The van der Waals surface area contributed by atoms with Crippen molar-refractivity contribution in [2.24, 2.45) is 5.41 Å². The molecule has 0 spiro atoms. The highest BCUT2D eigenvalue weighted by atomic mass is 16.5. The number of carboxylic acid groups (broad SMARTS) is 1. The second-order valence-corrected chi connectivity index (χ2v) is 8.98. The van der Waals surface area contributed by atoms with Gasteiger partial charge in [0.2, 0.25) is 5.91 Å². The average Bonchev–Trinajstić information content (AvgIpc) is 3.09. The molecule has 0 aromatic heterocycles. The quantitative estimate of drug-likeness (QED) is 0.579. The molecule has 3 rings (SSSR count). The van der Waals surface area contributed by atoms with Crippen molar-refractivity contribution >= 4 is 18.0 Å². The Labute approximate surface area is 188 Å². The van der Waals surface area contributed by atoms with Gasteiger partial charge in [-0.1, -0.05) is 55.5 Å². The summed E-state index contributed by atoms with van der Waals surface area (Å²) in [4.78, 5) is 36.5. The van der Waals surface area contributed by atoms with Crippen LogP contribution in [0.4, 0.5) is 4.79 Å². The summed E-state index contributed by atoms with van der Waals surface area (Å²) in [5.74, 6) is -1.54. The Balaban J connectivity index is 1.61. The van der Waals surface area contributed by atoms with Crippen molar-refractivity contribution < 1.29 is 24.2 Å². The fraction of sp³-hybridized carbons (Fsp3) is 0.400. The first-order valence-corrected chi connectivity index (χ1v) is 10.7. The first-order valence-electron chi connectivity index (χ1n) is 10.7. The molecule has 2 aromatic carbocycles. The topological polar surface area (TPSA) is 105 Å². The van der Waals surface area contributed by atoms with Crippen molar-refractivity contribution in [3.8, 4) is 11.1 Å². The molecular formula is C25H30N2O5. The fourth-order valence-corrected chi connectivity index (χ4v) is 3.79. The molecule has 0 aliphatic heterocycles. The van der Waals surface area contributed by atoms with Crippen LogP contribution in [0, 0.1) is 5.41 Å². The Morgan fingerprint density at radius 1 is 0.969 bits per heavy atom. The maximum absolute atomic E-state index is 12.6. The molecule has 32 heavy (non-hydrogen) atoms. The minimum atomic E-state index is -1.27. The number of rotatable bonds is 8. The Kier molecular flexibility index (Phi) is 6.57. The van der Waals surface area contributed by atoms with Crippen LogP contribution in [0.5, 0.6) is 0 Å². The van der Waals surface area contributed by atoms with E-state index < -0.39 is 28.9 Å². The molecule has 2 aromatic rings. The Hall–Kier alpha value is -3.35. The average molecular weight is 439 g/mol. The number of benzene rings is 2. The molecule has 1 aliphatic carbocycles. The van der Waals surface area contributed by atoms with Crippen LogP contribution in [-0.2, 0) is 14.3 Å². The van der Waals surface area contributed by atoms with Crippen molar-refractivity contribution in [3.05, 3.63) is 59.7 Å². The largest absolute Gasteiger partial charge is 0.481 e. The van der Waals surface area contributed by atoms with Crippen LogP contribution in [0.2, 0.25) is 0 Å². The zero-order valence-electron chi connectivity index (χ0n) is 18.9. The van der Waals surface area contributed by atoms with Crippen LogP contribution in [0.15, 0.2) is 48.5 Å². The molecular weight excluding hydrogens is 408 g/mol. The molecule has 0 saturated heterocycles. The smallest absolute Gasteiger partial charge is 0.408 e. The lowest BCUT2D eigenvalue weighted by atomic mass is 9.87. The second kappa shape index (κ2) is 9.02. The van der Waals surface area contributed by atoms with Crippen molar-refractivity contribution in [1.82, 2.24) is 10.6 Å². The van der Waals surface area contributed by atoms with Gasteiger partial charge in [0, 0.05) is 12.5 Å². The van der Waals surface area contributed by atoms with E-state index in [0.29, 0.717) is 6.42 Å². The third-order valence-electron chi connectivity index (χ3n) is 6.26. The highest BCUT2D eigenvalue weighted by Gasteiger charge is 2.36. The van der Waals surface area contributed by atoms with Gasteiger partial charge >= 0.3 is 12.1 Å². The monoisotopic (exact) mass is 438 g/mol. The van der Waals surface area contributed by atoms with Gasteiger partial charge in [0.05, 0.1) is 5.41 Å². The van der Waals surface area contributed by atoms with E-state index in [2.05, 4.69) is 22.8 Å². The number of ether oxygens (including phenoxy) is 1. The summed E-state index contributed by atoms with van der Waals surface area (Å²) >= 11 is 0.